The Morgan fingerprint density at radius 1 is 1.26 bits per heavy atom. The number of amides is 1. The van der Waals surface area contributed by atoms with E-state index >= 15 is 0 Å². The Balaban J connectivity index is 1.65. The van der Waals surface area contributed by atoms with E-state index in [0.717, 1.165) is 57.0 Å². The highest BCUT2D eigenvalue weighted by molar-refractivity contribution is 5.93. The smallest absolute Gasteiger partial charge is 0.257 e. The molecule has 2 aromatic rings. The minimum absolute atomic E-state index is 0.0214. The summed E-state index contributed by atoms with van der Waals surface area (Å²) in [4.78, 5) is 30.1. The molecule has 7 heteroatoms. The van der Waals surface area contributed by atoms with Gasteiger partial charge in [0.2, 0.25) is 0 Å². The average molecular weight is 371 g/mol. The van der Waals surface area contributed by atoms with Gasteiger partial charge in [0.05, 0.1) is 5.56 Å². The largest absolute Gasteiger partial charge is 0.338 e. The second-order valence-electron chi connectivity index (χ2n) is 7.47. The molecule has 0 aliphatic carbocycles. The fourth-order valence-electron chi connectivity index (χ4n) is 3.63. The number of likely N-dealkylation sites (tertiary alicyclic amines) is 1. The number of rotatable bonds is 7. The topological polar surface area (TPSA) is 67.2 Å². The fourth-order valence-corrected chi connectivity index (χ4v) is 3.63. The molecule has 1 fully saturated rings. The van der Waals surface area contributed by atoms with Crippen molar-refractivity contribution in [2.45, 2.75) is 45.1 Å². The maximum absolute atomic E-state index is 12.9. The summed E-state index contributed by atoms with van der Waals surface area (Å²) in [7, 11) is 4.19. The lowest BCUT2D eigenvalue weighted by atomic mass is 9.96. The van der Waals surface area contributed by atoms with Crippen molar-refractivity contribution in [1.29, 1.82) is 0 Å². The van der Waals surface area contributed by atoms with Gasteiger partial charge in [0.1, 0.15) is 11.6 Å². The quantitative estimate of drug-likeness (QED) is 0.747. The van der Waals surface area contributed by atoms with Crippen LogP contribution in [0.15, 0.2) is 24.8 Å². The minimum atomic E-state index is 0.0214. The maximum atomic E-state index is 12.9. The Labute approximate surface area is 161 Å². The van der Waals surface area contributed by atoms with Crippen molar-refractivity contribution < 1.29 is 4.79 Å². The zero-order valence-electron chi connectivity index (χ0n) is 16.6. The van der Waals surface area contributed by atoms with Gasteiger partial charge in [-0.25, -0.2) is 15.0 Å². The van der Waals surface area contributed by atoms with E-state index in [1.807, 2.05) is 18.0 Å². The number of piperidine rings is 1. The number of aromatic nitrogens is 4. The molecule has 0 unspecified atom stereocenters. The fraction of sp³-hybridized carbons (Fsp3) is 0.600. The van der Waals surface area contributed by atoms with Crippen LogP contribution in [0, 0.1) is 0 Å². The van der Waals surface area contributed by atoms with Gasteiger partial charge in [0.25, 0.3) is 5.91 Å². The predicted octanol–water partition coefficient (Wildman–Crippen LogP) is 2.21. The first-order valence-electron chi connectivity index (χ1n) is 9.84. The third-order valence-corrected chi connectivity index (χ3v) is 5.09. The van der Waals surface area contributed by atoms with Gasteiger partial charge in [-0.15, -0.1) is 0 Å². The van der Waals surface area contributed by atoms with Crippen LogP contribution in [0.4, 0.5) is 0 Å². The Morgan fingerprint density at radius 2 is 2.04 bits per heavy atom. The summed E-state index contributed by atoms with van der Waals surface area (Å²) >= 11 is 0. The molecule has 2 aromatic heterocycles. The molecule has 3 rings (SSSR count). The molecule has 1 aliphatic rings. The maximum Gasteiger partial charge on any atom is 0.257 e. The van der Waals surface area contributed by atoms with Crippen LogP contribution in [0.25, 0.3) is 0 Å². The van der Waals surface area contributed by atoms with Crippen LogP contribution in [-0.4, -0.2) is 69.0 Å². The van der Waals surface area contributed by atoms with Crippen molar-refractivity contribution in [2.24, 2.45) is 0 Å². The predicted molar refractivity (Wildman–Crippen MR) is 105 cm³/mol. The standard InChI is InChI=1S/C20H30N6O/c1-4-18-22-13-17(14-23-18)20(27)26-10-5-7-16(15-26)19-21-8-12-25(19)11-6-9-24(2)3/h8,12-14,16H,4-7,9-11,15H2,1-3H3/t16-/m0/s1. The molecule has 27 heavy (non-hydrogen) atoms. The van der Waals surface area contributed by atoms with E-state index in [-0.39, 0.29) is 11.8 Å². The summed E-state index contributed by atoms with van der Waals surface area (Å²) in [5.41, 5.74) is 0.571. The molecule has 1 aliphatic heterocycles. The van der Waals surface area contributed by atoms with Crippen LogP contribution in [0.3, 0.4) is 0 Å². The van der Waals surface area contributed by atoms with Crippen LogP contribution < -0.4 is 0 Å². The van der Waals surface area contributed by atoms with Gasteiger partial charge in [0.15, 0.2) is 0 Å². The van der Waals surface area contributed by atoms with Crippen LogP contribution in [-0.2, 0) is 13.0 Å². The van der Waals surface area contributed by atoms with Gasteiger partial charge in [-0.2, -0.15) is 0 Å². The zero-order chi connectivity index (χ0) is 19.2. The Bertz CT molecular complexity index is 739. The zero-order valence-corrected chi connectivity index (χ0v) is 16.6. The summed E-state index contributed by atoms with van der Waals surface area (Å²) in [6.45, 7) is 5.52. The van der Waals surface area contributed by atoms with Gasteiger partial charge in [-0.1, -0.05) is 6.92 Å². The van der Waals surface area contributed by atoms with Crippen molar-refractivity contribution in [3.63, 3.8) is 0 Å². The minimum Gasteiger partial charge on any atom is -0.338 e. The van der Waals surface area contributed by atoms with Crippen LogP contribution >= 0.6 is 0 Å². The van der Waals surface area contributed by atoms with Crippen molar-refractivity contribution in [1.82, 2.24) is 29.3 Å². The summed E-state index contributed by atoms with van der Waals surface area (Å²) in [6.07, 6.45) is 11.2. The first-order chi connectivity index (χ1) is 13.1. The molecule has 1 saturated heterocycles. The molecule has 0 saturated carbocycles. The summed E-state index contributed by atoms with van der Waals surface area (Å²) < 4.78 is 2.25. The van der Waals surface area contributed by atoms with Crippen LogP contribution in [0.5, 0.6) is 0 Å². The van der Waals surface area contributed by atoms with Crippen molar-refractivity contribution in [3.05, 3.63) is 42.0 Å². The molecular weight excluding hydrogens is 340 g/mol. The molecule has 3 heterocycles. The Hall–Kier alpha value is -2.28. The highest BCUT2D eigenvalue weighted by Gasteiger charge is 2.28. The molecule has 0 radical (unpaired) electrons. The van der Waals surface area contributed by atoms with Gasteiger partial charge in [0, 0.05) is 56.8 Å². The molecule has 146 valence electrons. The molecule has 0 spiro atoms. The van der Waals surface area contributed by atoms with Crippen LogP contribution in [0.1, 0.15) is 54.1 Å². The van der Waals surface area contributed by atoms with Crippen LogP contribution in [0.2, 0.25) is 0 Å². The van der Waals surface area contributed by atoms with E-state index < -0.39 is 0 Å². The molecular formula is C20H30N6O. The molecule has 7 nitrogen and oxygen atoms in total. The second kappa shape index (κ2) is 9.08. The third-order valence-electron chi connectivity index (χ3n) is 5.09. The van der Waals surface area contributed by atoms with E-state index in [1.54, 1.807) is 12.4 Å². The molecule has 0 N–H and O–H groups in total. The SMILES string of the molecule is CCc1ncc(C(=O)N2CCC[C@H](c3nccn3CCCN(C)C)C2)cn1. The van der Waals surface area contributed by atoms with E-state index in [1.165, 1.54) is 0 Å². The van der Waals surface area contributed by atoms with Crippen molar-refractivity contribution in [3.8, 4) is 0 Å². The van der Waals surface area contributed by atoms with E-state index in [2.05, 4.69) is 44.7 Å². The highest BCUT2D eigenvalue weighted by Crippen LogP contribution is 2.27. The van der Waals surface area contributed by atoms with E-state index in [4.69, 9.17) is 0 Å². The lowest BCUT2D eigenvalue weighted by Gasteiger charge is -2.32. The monoisotopic (exact) mass is 370 g/mol. The van der Waals surface area contributed by atoms with Gasteiger partial charge in [-0.3, -0.25) is 4.79 Å². The lowest BCUT2D eigenvalue weighted by molar-refractivity contribution is 0.0702. The number of nitrogens with zero attached hydrogens (tertiary/aromatic N) is 6. The average Bonchev–Trinajstić information content (AvgIpc) is 3.16. The summed E-state index contributed by atoms with van der Waals surface area (Å²) in [5, 5.41) is 0. The molecule has 0 bridgehead atoms. The molecule has 0 aromatic carbocycles. The van der Waals surface area contributed by atoms with Crippen molar-refractivity contribution >= 4 is 5.91 Å². The first-order valence-corrected chi connectivity index (χ1v) is 9.84. The molecule has 1 amide bonds. The summed E-state index contributed by atoms with van der Waals surface area (Å²) in [6, 6.07) is 0. The number of hydrogen-bond donors (Lipinski definition) is 0. The second-order valence-corrected chi connectivity index (χ2v) is 7.47. The number of carbonyl (C=O) groups excluding carboxylic acids is 1. The number of carbonyl (C=O) groups is 1. The summed E-state index contributed by atoms with van der Waals surface area (Å²) in [5.74, 6) is 2.17. The highest BCUT2D eigenvalue weighted by atomic mass is 16.2. The van der Waals surface area contributed by atoms with Gasteiger partial charge >= 0.3 is 0 Å². The van der Waals surface area contributed by atoms with Gasteiger partial charge in [-0.05, 0) is 39.9 Å². The number of hydrogen-bond acceptors (Lipinski definition) is 5. The number of imidazole rings is 1. The molecule has 1 atom stereocenters. The van der Waals surface area contributed by atoms with Gasteiger partial charge < -0.3 is 14.4 Å². The number of aryl methyl sites for hydroxylation is 2. The normalized spacial score (nSPS) is 17.5. The van der Waals surface area contributed by atoms with E-state index in [9.17, 15) is 4.79 Å². The first kappa shape index (κ1) is 19.5. The lowest BCUT2D eigenvalue weighted by Crippen LogP contribution is -2.40. The van der Waals surface area contributed by atoms with E-state index in [0.29, 0.717) is 12.1 Å². The Kier molecular flexibility index (Phi) is 6.55. The third kappa shape index (κ3) is 4.91. The van der Waals surface area contributed by atoms with Crippen molar-refractivity contribution in [2.75, 3.05) is 33.7 Å². The Morgan fingerprint density at radius 3 is 2.74 bits per heavy atom.